The van der Waals surface area contributed by atoms with Crippen LogP contribution in [-0.2, 0) is 19.4 Å². The molecular formula is C15H19NO5S. The third kappa shape index (κ3) is 4.38. The molecule has 0 bridgehead atoms. The van der Waals surface area contributed by atoms with Gasteiger partial charge in [0.05, 0.1) is 23.7 Å². The molecule has 1 fully saturated rings. The third-order valence-electron chi connectivity index (χ3n) is 3.62. The number of carbonyl (C=O) groups is 2. The second kappa shape index (κ2) is 7.02. The van der Waals surface area contributed by atoms with Crippen molar-refractivity contribution in [3.63, 3.8) is 0 Å². The molecule has 1 amide bonds. The van der Waals surface area contributed by atoms with Gasteiger partial charge in [-0.2, -0.15) is 0 Å². The number of hydrogen-bond acceptors (Lipinski definition) is 5. The fourth-order valence-corrected chi connectivity index (χ4v) is 4.31. The number of carbonyl (C=O) groups excluding carboxylic acids is 2. The number of sulfone groups is 1. The molecule has 0 aliphatic carbocycles. The summed E-state index contributed by atoms with van der Waals surface area (Å²) in [6.07, 6.45) is -0.410. The van der Waals surface area contributed by atoms with Gasteiger partial charge in [-0.3, -0.25) is 9.59 Å². The molecule has 2 unspecified atom stereocenters. The highest BCUT2D eigenvalue weighted by molar-refractivity contribution is 7.91. The predicted octanol–water partition coefficient (Wildman–Crippen LogP) is 0.578. The number of ketones is 1. The molecule has 0 saturated carbocycles. The molecule has 0 radical (unpaired) electrons. The van der Waals surface area contributed by atoms with Crippen molar-refractivity contribution in [2.75, 3.05) is 18.6 Å². The summed E-state index contributed by atoms with van der Waals surface area (Å²) in [5, 5.41) is 2.65. The Labute approximate surface area is 129 Å². The minimum atomic E-state index is -3.18. The standard InChI is InChI=1S/C15H19NO5S/c1-21-14-10-22(19,20)9-12(14)16-15(18)8-7-13(17)11-5-3-2-4-6-11/h2-6,12,14H,7-10H2,1H3,(H,16,18). The van der Waals surface area contributed by atoms with Crippen LogP contribution in [0.15, 0.2) is 30.3 Å². The monoisotopic (exact) mass is 325 g/mol. The molecule has 2 atom stereocenters. The minimum absolute atomic E-state index is 0.0285. The summed E-state index contributed by atoms with van der Waals surface area (Å²) in [6, 6.07) is 8.19. The van der Waals surface area contributed by atoms with Gasteiger partial charge in [0.25, 0.3) is 0 Å². The van der Waals surface area contributed by atoms with Gasteiger partial charge in [0.2, 0.25) is 5.91 Å². The maximum absolute atomic E-state index is 11.9. The number of benzene rings is 1. The van der Waals surface area contributed by atoms with Crippen molar-refractivity contribution in [1.29, 1.82) is 0 Å². The highest BCUT2D eigenvalue weighted by Gasteiger charge is 2.38. The van der Waals surface area contributed by atoms with Crippen molar-refractivity contribution < 1.29 is 22.7 Å². The topological polar surface area (TPSA) is 89.5 Å². The lowest BCUT2D eigenvalue weighted by Crippen LogP contribution is -2.43. The van der Waals surface area contributed by atoms with Crippen molar-refractivity contribution in [2.24, 2.45) is 0 Å². The highest BCUT2D eigenvalue weighted by atomic mass is 32.2. The summed E-state index contributed by atoms with van der Waals surface area (Å²) >= 11 is 0. The van der Waals surface area contributed by atoms with E-state index in [-0.39, 0.29) is 36.0 Å². The van der Waals surface area contributed by atoms with Gasteiger partial charge in [0, 0.05) is 25.5 Å². The van der Waals surface area contributed by atoms with E-state index >= 15 is 0 Å². The van der Waals surface area contributed by atoms with Gasteiger partial charge in [-0.15, -0.1) is 0 Å². The van der Waals surface area contributed by atoms with E-state index in [9.17, 15) is 18.0 Å². The van der Waals surface area contributed by atoms with E-state index in [0.29, 0.717) is 5.56 Å². The molecule has 1 aliphatic heterocycles. The van der Waals surface area contributed by atoms with E-state index in [4.69, 9.17) is 4.74 Å². The zero-order valence-electron chi connectivity index (χ0n) is 12.3. The zero-order chi connectivity index (χ0) is 16.2. The number of amides is 1. The normalized spacial score (nSPS) is 23.1. The second-order valence-corrected chi connectivity index (χ2v) is 7.47. The Bertz CT molecular complexity index is 641. The molecule has 1 aliphatic rings. The van der Waals surface area contributed by atoms with Crippen molar-refractivity contribution in [1.82, 2.24) is 5.32 Å². The minimum Gasteiger partial charge on any atom is -0.378 e. The van der Waals surface area contributed by atoms with Gasteiger partial charge < -0.3 is 10.1 Å². The largest absolute Gasteiger partial charge is 0.378 e. The van der Waals surface area contributed by atoms with Crippen LogP contribution in [0, 0.1) is 0 Å². The van der Waals surface area contributed by atoms with E-state index in [0.717, 1.165) is 0 Å². The molecule has 2 rings (SSSR count). The fourth-order valence-electron chi connectivity index (χ4n) is 2.46. The number of Topliss-reactive ketones (excluding diaryl/α,β-unsaturated/α-hetero) is 1. The number of rotatable bonds is 6. The first-order valence-corrected chi connectivity index (χ1v) is 8.84. The summed E-state index contributed by atoms with van der Waals surface area (Å²) in [5.41, 5.74) is 0.563. The first-order chi connectivity index (χ1) is 10.4. The van der Waals surface area contributed by atoms with Gasteiger partial charge in [-0.05, 0) is 0 Å². The number of hydrogen-bond donors (Lipinski definition) is 1. The van der Waals surface area contributed by atoms with Gasteiger partial charge in [0.1, 0.15) is 0 Å². The molecule has 0 spiro atoms. The molecule has 1 aromatic carbocycles. The van der Waals surface area contributed by atoms with Gasteiger partial charge >= 0.3 is 0 Å². The van der Waals surface area contributed by atoms with Crippen molar-refractivity contribution in [3.8, 4) is 0 Å². The van der Waals surface area contributed by atoms with Crippen molar-refractivity contribution in [2.45, 2.75) is 25.0 Å². The van der Waals surface area contributed by atoms with Crippen molar-refractivity contribution in [3.05, 3.63) is 35.9 Å². The van der Waals surface area contributed by atoms with Gasteiger partial charge in [-0.1, -0.05) is 30.3 Å². The van der Waals surface area contributed by atoms with Crippen LogP contribution in [0.1, 0.15) is 23.2 Å². The lowest BCUT2D eigenvalue weighted by molar-refractivity contribution is -0.122. The Hall–Kier alpha value is -1.73. The summed E-state index contributed by atoms with van der Waals surface area (Å²) < 4.78 is 28.2. The molecule has 7 heteroatoms. The molecule has 120 valence electrons. The second-order valence-electron chi connectivity index (χ2n) is 5.31. The third-order valence-corrected chi connectivity index (χ3v) is 5.33. The smallest absolute Gasteiger partial charge is 0.220 e. The summed E-state index contributed by atoms with van der Waals surface area (Å²) in [4.78, 5) is 23.8. The van der Waals surface area contributed by atoms with Crippen LogP contribution < -0.4 is 5.32 Å². The van der Waals surface area contributed by atoms with Crippen LogP contribution in [-0.4, -0.2) is 50.9 Å². The fraction of sp³-hybridized carbons (Fsp3) is 0.467. The Balaban J connectivity index is 1.84. The molecular weight excluding hydrogens is 306 g/mol. The Morgan fingerprint density at radius 1 is 1.18 bits per heavy atom. The van der Waals surface area contributed by atoms with Crippen LogP contribution in [0.25, 0.3) is 0 Å². The summed E-state index contributed by atoms with van der Waals surface area (Å²) in [6.45, 7) is 0. The predicted molar refractivity (Wildman–Crippen MR) is 81.4 cm³/mol. The van der Waals surface area contributed by atoms with Crippen LogP contribution in [0.2, 0.25) is 0 Å². The Kier molecular flexibility index (Phi) is 5.31. The first-order valence-electron chi connectivity index (χ1n) is 7.02. The van der Waals surface area contributed by atoms with Gasteiger partial charge in [0.15, 0.2) is 15.6 Å². The molecule has 1 heterocycles. The zero-order valence-corrected chi connectivity index (χ0v) is 13.1. The molecule has 0 aromatic heterocycles. The quantitative estimate of drug-likeness (QED) is 0.773. The molecule has 1 aromatic rings. The molecule has 1 saturated heterocycles. The lowest BCUT2D eigenvalue weighted by atomic mass is 10.1. The number of ether oxygens (including phenoxy) is 1. The molecule has 1 N–H and O–H groups in total. The molecule has 6 nitrogen and oxygen atoms in total. The van der Waals surface area contributed by atoms with Crippen LogP contribution in [0.5, 0.6) is 0 Å². The number of methoxy groups -OCH3 is 1. The summed E-state index contributed by atoms with van der Waals surface area (Å²) in [7, 11) is -1.76. The Morgan fingerprint density at radius 3 is 2.50 bits per heavy atom. The van der Waals surface area contributed by atoms with E-state index in [2.05, 4.69) is 5.32 Å². The van der Waals surface area contributed by atoms with E-state index in [1.165, 1.54) is 7.11 Å². The summed E-state index contributed by atoms with van der Waals surface area (Å²) in [5.74, 6) is -0.659. The Morgan fingerprint density at radius 2 is 1.86 bits per heavy atom. The number of nitrogens with one attached hydrogen (secondary N) is 1. The van der Waals surface area contributed by atoms with Gasteiger partial charge in [-0.25, -0.2) is 8.42 Å². The van der Waals surface area contributed by atoms with Crippen LogP contribution >= 0.6 is 0 Å². The van der Waals surface area contributed by atoms with E-state index in [1.807, 2.05) is 6.07 Å². The first kappa shape index (κ1) is 16.6. The average Bonchev–Trinajstić information content (AvgIpc) is 2.79. The van der Waals surface area contributed by atoms with Crippen LogP contribution in [0.4, 0.5) is 0 Å². The van der Waals surface area contributed by atoms with E-state index in [1.54, 1.807) is 24.3 Å². The lowest BCUT2D eigenvalue weighted by Gasteiger charge is -2.17. The maximum Gasteiger partial charge on any atom is 0.220 e. The molecule has 22 heavy (non-hydrogen) atoms. The highest BCUT2D eigenvalue weighted by Crippen LogP contribution is 2.15. The van der Waals surface area contributed by atoms with Crippen molar-refractivity contribution >= 4 is 21.5 Å². The SMILES string of the molecule is COC1CS(=O)(=O)CC1NC(=O)CCC(=O)c1ccccc1. The van der Waals surface area contributed by atoms with E-state index < -0.39 is 22.0 Å². The maximum atomic E-state index is 11.9. The average molecular weight is 325 g/mol. The van der Waals surface area contributed by atoms with Crippen LogP contribution in [0.3, 0.4) is 0 Å².